The summed E-state index contributed by atoms with van der Waals surface area (Å²) >= 11 is 0. The number of carbonyl (C=O) groups excluding carboxylic acids is 1. The topological polar surface area (TPSA) is 59.0 Å². The molecular weight excluding hydrogens is 348 g/mol. The molecule has 2 fully saturated rings. The summed E-state index contributed by atoms with van der Waals surface area (Å²) < 4.78 is 1.94. The quantitative estimate of drug-likeness (QED) is 0.845. The smallest absolute Gasteiger partial charge is 0.271 e. The van der Waals surface area contributed by atoms with Crippen LogP contribution in [0.4, 0.5) is 0 Å². The van der Waals surface area contributed by atoms with Crippen LogP contribution in [0, 0.1) is 0 Å². The number of benzene rings is 1. The van der Waals surface area contributed by atoms with Crippen molar-refractivity contribution in [3.63, 3.8) is 0 Å². The number of piperidine rings is 1. The maximum atomic E-state index is 12.6. The zero-order valence-corrected chi connectivity index (χ0v) is 15.8. The van der Waals surface area contributed by atoms with Crippen LogP contribution < -0.4 is 10.6 Å². The summed E-state index contributed by atoms with van der Waals surface area (Å²) in [5, 5.41) is 11.0. The Morgan fingerprint density at radius 2 is 2.04 bits per heavy atom. The Morgan fingerprint density at radius 1 is 1.23 bits per heavy atom. The second-order valence-electron chi connectivity index (χ2n) is 7.36. The van der Waals surface area contributed by atoms with Crippen LogP contribution >= 0.6 is 12.4 Å². The SMILES string of the molecule is Cl.O=C(NCC1(c2ccccc2)CCC1)c1ccn(C2CCCNC2)n1. The van der Waals surface area contributed by atoms with Crippen LogP contribution in [0.2, 0.25) is 0 Å². The molecule has 1 unspecified atom stereocenters. The zero-order chi connectivity index (χ0) is 17.1. The van der Waals surface area contributed by atoms with Gasteiger partial charge in [-0.25, -0.2) is 0 Å². The number of rotatable bonds is 5. The molecule has 1 aromatic heterocycles. The number of amides is 1. The molecule has 1 atom stereocenters. The average molecular weight is 375 g/mol. The van der Waals surface area contributed by atoms with Crippen LogP contribution in [0.1, 0.15) is 54.2 Å². The van der Waals surface area contributed by atoms with Gasteiger partial charge in [-0.2, -0.15) is 5.10 Å². The molecule has 5 nitrogen and oxygen atoms in total. The molecule has 140 valence electrons. The molecule has 26 heavy (non-hydrogen) atoms. The molecule has 2 aromatic rings. The summed E-state index contributed by atoms with van der Waals surface area (Å²) in [6.07, 6.45) is 7.72. The Kier molecular flexibility index (Phi) is 5.99. The summed E-state index contributed by atoms with van der Waals surface area (Å²) in [5.41, 5.74) is 1.96. The zero-order valence-electron chi connectivity index (χ0n) is 15.0. The first kappa shape index (κ1) is 18.9. The lowest BCUT2D eigenvalue weighted by atomic mass is 9.64. The van der Waals surface area contributed by atoms with Crippen molar-refractivity contribution in [3.05, 3.63) is 53.9 Å². The predicted octanol–water partition coefficient (Wildman–Crippen LogP) is 3.08. The third kappa shape index (κ3) is 3.79. The van der Waals surface area contributed by atoms with E-state index in [2.05, 4.69) is 40.0 Å². The van der Waals surface area contributed by atoms with Gasteiger partial charge in [-0.15, -0.1) is 12.4 Å². The average Bonchev–Trinajstić information content (AvgIpc) is 3.13. The molecule has 1 aliphatic heterocycles. The van der Waals surface area contributed by atoms with E-state index < -0.39 is 0 Å². The molecule has 1 aliphatic carbocycles. The highest BCUT2D eigenvalue weighted by atomic mass is 35.5. The second-order valence-corrected chi connectivity index (χ2v) is 7.36. The van der Waals surface area contributed by atoms with Gasteiger partial charge in [-0.1, -0.05) is 36.8 Å². The van der Waals surface area contributed by atoms with Gasteiger partial charge in [-0.3, -0.25) is 9.48 Å². The van der Waals surface area contributed by atoms with E-state index in [4.69, 9.17) is 0 Å². The van der Waals surface area contributed by atoms with Crippen molar-refractivity contribution in [2.45, 2.75) is 43.6 Å². The van der Waals surface area contributed by atoms with E-state index in [1.54, 1.807) is 0 Å². The fourth-order valence-electron chi connectivity index (χ4n) is 4.02. The summed E-state index contributed by atoms with van der Waals surface area (Å²) in [7, 11) is 0. The molecule has 0 bridgehead atoms. The first-order valence-electron chi connectivity index (χ1n) is 9.36. The van der Waals surface area contributed by atoms with E-state index in [1.165, 1.54) is 12.0 Å². The summed E-state index contributed by atoms with van der Waals surface area (Å²) in [6.45, 7) is 2.69. The number of aromatic nitrogens is 2. The Morgan fingerprint density at radius 3 is 2.69 bits per heavy atom. The lowest BCUT2D eigenvalue weighted by molar-refractivity contribution is 0.0921. The lowest BCUT2D eigenvalue weighted by Crippen LogP contribution is -2.45. The van der Waals surface area contributed by atoms with Crippen LogP contribution in [0.3, 0.4) is 0 Å². The summed E-state index contributed by atoms with van der Waals surface area (Å²) in [4.78, 5) is 12.6. The lowest BCUT2D eigenvalue weighted by Gasteiger charge is -2.42. The largest absolute Gasteiger partial charge is 0.350 e. The number of nitrogens with one attached hydrogen (secondary N) is 2. The second kappa shape index (κ2) is 8.23. The van der Waals surface area contributed by atoms with Crippen LogP contribution in [0.5, 0.6) is 0 Å². The fourth-order valence-corrected chi connectivity index (χ4v) is 4.02. The normalized spacial score (nSPS) is 21.3. The third-order valence-corrected chi connectivity index (χ3v) is 5.77. The fraction of sp³-hybridized carbons (Fsp3) is 0.500. The van der Waals surface area contributed by atoms with Crippen LogP contribution in [0.15, 0.2) is 42.6 Å². The van der Waals surface area contributed by atoms with Crippen molar-refractivity contribution >= 4 is 18.3 Å². The first-order valence-corrected chi connectivity index (χ1v) is 9.36. The van der Waals surface area contributed by atoms with Crippen molar-refractivity contribution in [3.8, 4) is 0 Å². The van der Waals surface area contributed by atoms with Gasteiger partial charge in [0, 0.05) is 24.7 Å². The van der Waals surface area contributed by atoms with E-state index in [0.29, 0.717) is 18.3 Å². The molecule has 2 N–H and O–H groups in total. The monoisotopic (exact) mass is 374 g/mol. The highest BCUT2D eigenvalue weighted by Crippen LogP contribution is 2.43. The number of halogens is 1. The highest BCUT2D eigenvalue weighted by molar-refractivity contribution is 5.92. The molecule has 1 amide bonds. The minimum absolute atomic E-state index is 0. The minimum Gasteiger partial charge on any atom is -0.350 e. The third-order valence-electron chi connectivity index (χ3n) is 5.77. The number of carbonyl (C=O) groups is 1. The van der Waals surface area contributed by atoms with Gasteiger partial charge in [0.05, 0.1) is 6.04 Å². The van der Waals surface area contributed by atoms with Gasteiger partial charge < -0.3 is 10.6 Å². The van der Waals surface area contributed by atoms with E-state index >= 15 is 0 Å². The molecule has 2 heterocycles. The highest BCUT2D eigenvalue weighted by Gasteiger charge is 2.38. The van der Waals surface area contributed by atoms with Gasteiger partial charge in [-0.05, 0) is 43.9 Å². The van der Waals surface area contributed by atoms with Gasteiger partial charge in [0.25, 0.3) is 5.91 Å². The van der Waals surface area contributed by atoms with Crippen LogP contribution in [0.25, 0.3) is 0 Å². The minimum atomic E-state index is -0.0651. The maximum absolute atomic E-state index is 12.6. The first-order chi connectivity index (χ1) is 12.3. The van der Waals surface area contributed by atoms with Gasteiger partial charge in [0.2, 0.25) is 0 Å². The molecule has 0 spiro atoms. The molecule has 2 aliphatic rings. The molecule has 0 radical (unpaired) electrons. The molecular formula is C20H27ClN4O. The van der Waals surface area contributed by atoms with Crippen molar-refractivity contribution in [2.24, 2.45) is 0 Å². The molecule has 1 saturated carbocycles. The van der Waals surface area contributed by atoms with Crippen molar-refractivity contribution in [2.75, 3.05) is 19.6 Å². The van der Waals surface area contributed by atoms with Gasteiger partial charge in [0.15, 0.2) is 0 Å². The summed E-state index contributed by atoms with van der Waals surface area (Å²) in [6, 6.07) is 12.7. The maximum Gasteiger partial charge on any atom is 0.271 e. The standard InChI is InChI=1S/C20H26N4O.ClH/c25-19(18-9-13-24(23-18)17-8-4-12-21-14-17)22-15-20(10-5-11-20)16-6-2-1-3-7-16;/h1-3,6-7,9,13,17,21H,4-5,8,10-12,14-15H2,(H,22,25);1H. The Labute approximate surface area is 161 Å². The van der Waals surface area contributed by atoms with Gasteiger partial charge in [0.1, 0.15) is 5.69 Å². The van der Waals surface area contributed by atoms with E-state index in [0.717, 1.165) is 38.8 Å². The van der Waals surface area contributed by atoms with E-state index in [1.807, 2.05) is 23.0 Å². The van der Waals surface area contributed by atoms with Crippen molar-refractivity contribution < 1.29 is 4.79 Å². The Hall–Kier alpha value is -1.85. The van der Waals surface area contributed by atoms with Gasteiger partial charge >= 0.3 is 0 Å². The predicted molar refractivity (Wildman–Crippen MR) is 105 cm³/mol. The van der Waals surface area contributed by atoms with Crippen molar-refractivity contribution in [1.82, 2.24) is 20.4 Å². The Bertz CT molecular complexity index is 720. The van der Waals surface area contributed by atoms with Crippen LogP contribution in [-0.4, -0.2) is 35.3 Å². The number of hydrogen-bond acceptors (Lipinski definition) is 3. The van der Waals surface area contributed by atoms with E-state index in [-0.39, 0.29) is 23.7 Å². The molecule has 6 heteroatoms. The molecule has 4 rings (SSSR count). The number of nitrogens with zero attached hydrogens (tertiary/aromatic N) is 2. The Balaban J connectivity index is 0.00000196. The summed E-state index contributed by atoms with van der Waals surface area (Å²) in [5.74, 6) is -0.0651. The molecule has 1 aromatic carbocycles. The molecule has 1 saturated heterocycles. The van der Waals surface area contributed by atoms with Crippen molar-refractivity contribution in [1.29, 1.82) is 0 Å². The number of hydrogen-bond donors (Lipinski definition) is 2. The van der Waals surface area contributed by atoms with Crippen LogP contribution in [-0.2, 0) is 5.41 Å². The van der Waals surface area contributed by atoms with E-state index in [9.17, 15) is 4.79 Å².